The van der Waals surface area contributed by atoms with E-state index < -0.39 is 0 Å². The number of halogens is 1. The van der Waals surface area contributed by atoms with Crippen LogP contribution in [0, 0.1) is 0 Å². The molecule has 0 aliphatic carbocycles. The first-order valence-corrected chi connectivity index (χ1v) is 6.02. The molecule has 0 bridgehead atoms. The van der Waals surface area contributed by atoms with Gasteiger partial charge in [0.05, 0.1) is 0 Å². The third-order valence-corrected chi connectivity index (χ3v) is 3.17. The highest BCUT2D eigenvalue weighted by atomic mass is 35.5. The number of fused-ring (bicyclic) bond motifs is 1. The van der Waals surface area contributed by atoms with Crippen molar-refractivity contribution < 1.29 is 4.79 Å². The Kier molecular flexibility index (Phi) is 4.20. The number of benzene rings is 2. The van der Waals surface area contributed by atoms with Crippen LogP contribution in [-0.2, 0) is 11.3 Å². The number of nitrogens with one attached hydrogen (secondary N) is 2. The summed E-state index contributed by atoms with van der Waals surface area (Å²) in [6.45, 7) is 0.753. The lowest BCUT2D eigenvalue weighted by Gasteiger charge is -2.12. The summed E-state index contributed by atoms with van der Waals surface area (Å²) in [6, 6.07) is 17.3. The van der Waals surface area contributed by atoms with E-state index in [1.165, 1.54) is 5.56 Å². The zero-order chi connectivity index (χ0) is 12.4. The van der Waals surface area contributed by atoms with E-state index in [4.69, 9.17) is 0 Å². The molecule has 19 heavy (non-hydrogen) atoms. The summed E-state index contributed by atoms with van der Waals surface area (Å²) in [6.07, 6.45) is 0. The number of hydrogen-bond donors (Lipinski definition) is 2. The van der Waals surface area contributed by atoms with Crippen molar-refractivity contribution in [3.05, 3.63) is 65.7 Å². The van der Waals surface area contributed by atoms with E-state index in [1.807, 2.05) is 48.5 Å². The van der Waals surface area contributed by atoms with Gasteiger partial charge in [0.15, 0.2) is 0 Å². The summed E-state index contributed by atoms with van der Waals surface area (Å²) in [5, 5.41) is 6.15. The van der Waals surface area contributed by atoms with Gasteiger partial charge in [-0.1, -0.05) is 42.5 Å². The maximum absolute atomic E-state index is 12.2. The van der Waals surface area contributed by atoms with Gasteiger partial charge in [0, 0.05) is 12.2 Å². The molecule has 2 N–H and O–H groups in total. The Morgan fingerprint density at radius 2 is 1.74 bits per heavy atom. The van der Waals surface area contributed by atoms with E-state index in [0.29, 0.717) is 0 Å². The zero-order valence-electron chi connectivity index (χ0n) is 10.3. The van der Waals surface area contributed by atoms with Gasteiger partial charge in [-0.05, 0) is 23.3 Å². The molecule has 3 nitrogen and oxygen atoms in total. The van der Waals surface area contributed by atoms with Gasteiger partial charge >= 0.3 is 0 Å². The second-order valence-corrected chi connectivity index (χ2v) is 4.37. The van der Waals surface area contributed by atoms with Gasteiger partial charge in [-0.3, -0.25) is 10.1 Å². The van der Waals surface area contributed by atoms with Crippen molar-refractivity contribution in [1.82, 2.24) is 5.32 Å². The Morgan fingerprint density at radius 3 is 2.53 bits per heavy atom. The Bertz CT molecular complexity index is 571. The highest BCUT2D eigenvalue weighted by molar-refractivity contribution is 5.96. The van der Waals surface area contributed by atoms with E-state index in [-0.39, 0.29) is 24.4 Å². The number of anilines is 1. The lowest BCUT2D eigenvalue weighted by Crippen LogP contribution is -2.27. The molecule has 2 aromatic carbocycles. The van der Waals surface area contributed by atoms with Crippen LogP contribution >= 0.6 is 12.4 Å². The average Bonchev–Trinajstić information content (AvgIpc) is 2.84. The molecular formula is C15H15ClN2O. The first-order valence-electron chi connectivity index (χ1n) is 6.02. The van der Waals surface area contributed by atoms with Crippen LogP contribution in [0.1, 0.15) is 17.2 Å². The van der Waals surface area contributed by atoms with Crippen molar-refractivity contribution in [2.24, 2.45) is 0 Å². The van der Waals surface area contributed by atoms with Crippen LogP contribution in [0.25, 0.3) is 0 Å². The lowest BCUT2D eigenvalue weighted by atomic mass is 10.0. The fourth-order valence-corrected chi connectivity index (χ4v) is 2.27. The van der Waals surface area contributed by atoms with Crippen LogP contribution < -0.4 is 10.6 Å². The normalized spacial score (nSPS) is 16.3. The monoisotopic (exact) mass is 274 g/mol. The quantitative estimate of drug-likeness (QED) is 0.884. The molecule has 0 fully saturated rings. The third kappa shape index (κ3) is 2.78. The predicted octanol–water partition coefficient (Wildman–Crippen LogP) is 2.89. The van der Waals surface area contributed by atoms with Crippen LogP contribution in [0.5, 0.6) is 0 Å². The topological polar surface area (TPSA) is 41.1 Å². The largest absolute Gasteiger partial charge is 0.324 e. The van der Waals surface area contributed by atoms with E-state index >= 15 is 0 Å². The molecule has 1 aliphatic rings. The van der Waals surface area contributed by atoms with Crippen LogP contribution in [0.2, 0.25) is 0 Å². The van der Waals surface area contributed by atoms with Gasteiger partial charge < -0.3 is 5.32 Å². The van der Waals surface area contributed by atoms with Crippen molar-refractivity contribution >= 4 is 24.0 Å². The maximum Gasteiger partial charge on any atom is 0.246 e. The summed E-state index contributed by atoms with van der Waals surface area (Å²) in [4.78, 5) is 12.2. The highest BCUT2D eigenvalue weighted by Crippen LogP contribution is 2.25. The minimum atomic E-state index is -0.249. The summed E-state index contributed by atoms with van der Waals surface area (Å²) in [5.41, 5.74) is 3.10. The number of para-hydroxylation sites is 1. The number of amides is 1. The number of rotatable bonds is 2. The fourth-order valence-electron chi connectivity index (χ4n) is 2.27. The molecule has 0 spiro atoms. The molecule has 0 saturated heterocycles. The standard InChI is InChI=1S/C15H14N2O.ClH/c18-15(17-12-7-2-1-3-8-12)14-13-9-5-4-6-11(13)10-16-14;/h1-9,14,16H,10H2,(H,17,18);1H. The summed E-state index contributed by atoms with van der Waals surface area (Å²) >= 11 is 0. The van der Waals surface area contributed by atoms with Crippen LogP contribution in [0.15, 0.2) is 54.6 Å². The van der Waals surface area contributed by atoms with Crippen molar-refractivity contribution in [3.8, 4) is 0 Å². The minimum Gasteiger partial charge on any atom is -0.324 e. The number of hydrogen-bond acceptors (Lipinski definition) is 2. The van der Waals surface area contributed by atoms with E-state index in [1.54, 1.807) is 0 Å². The molecule has 1 heterocycles. The molecule has 0 saturated carbocycles. The average molecular weight is 275 g/mol. The van der Waals surface area contributed by atoms with Gasteiger partial charge in [-0.25, -0.2) is 0 Å². The van der Waals surface area contributed by atoms with E-state index in [0.717, 1.165) is 17.8 Å². The molecule has 1 amide bonds. The van der Waals surface area contributed by atoms with Crippen LogP contribution in [0.4, 0.5) is 5.69 Å². The van der Waals surface area contributed by atoms with Crippen LogP contribution in [0.3, 0.4) is 0 Å². The summed E-state index contributed by atoms with van der Waals surface area (Å²) < 4.78 is 0. The summed E-state index contributed by atoms with van der Waals surface area (Å²) in [5.74, 6) is -0.00819. The molecule has 98 valence electrons. The molecule has 0 aromatic heterocycles. The van der Waals surface area contributed by atoms with Gasteiger partial charge in [0.25, 0.3) is 0 Å². The summed E-state index contributed by atoms with van der Waals surface area (Å²) in [7, 11) is 0. The molecule has 3 rings (SSSR count). The van der Waals surface area contributed by atoms with Gasteiger partial charge in [-0.2, -0.15) is 0 Å². The fraction of sp³-hybridized carbons (Fsp3) is 0.133. The second-order valence-electron chi connectivity index (χ2n) is 4.37. The predicted molar refractivity (Wildman–Crippen MR) is 78.3 cm³/mol. The Hall–Kier alpha value is -1.84. The zero-order valence-corrected chi connectivity index (χ0v) is 11.1. The van der Waals surface area contributed by atoms with Crippen molar-refractivity contribution in [2.45, 2.75) is 12.6 Å². The molecule has 1 unspecified atom stereocenters. The molecule has 1 aliphatic heterocycles. The van der Waals surface area contributed by atoms with Gasteiger partial charge in [-0.15, -0.1) is 12.4 Å². The smallest absolute Gasteiger partial charge is 0.246 e. The number of carbonyl (C=O) groups is 1. The van der Waals surface area contributed by atoms with Crippen molar-refractivity contribution in [2.75, 3.05) is 5.32 Å². The van der Waals surface area contributed by atoms with Gasteiger partial charge in [0.2, 0.25) is 5.91 Å². The maximum atomic E-state index is 12.2. The Morgan fingerprint density at radius 1 is 1.05 bits per heavy atom. The van der Waals surface area contributed by atoms with Crippen LogP contribution in [-0.4, -0.2) is 5.91 Å². The molecule has 2 aromatic rings. The second kappa shape index (κ2) is 5.87. The van der Waals surface area contributed by atoms with E-state index in [9.17, 15) is 4.79 Å². The lowest BCUT2D eigenvalue weighted by molar-refractivity contribution is -0.118. The minimum absolute atomic E-state index is 0. The van der Waals surface area contributed by atoms with E-state index in [2.05, 4.69) is 16.7 Å². The number of carbonyl (C=O) groups excluding carboxylic acids is 1. The Labute approximate surface area is 118 Å². The first kappa shape index (κ1) is 13.6. The molecule has 0 radical (unpaired) electrons. The highest BCUT2D eigenvalue weighted by Gasteiger charge is 2.27. The third-order valence-electron chi connectivity index (χ3n) is 3.17. The van der Waals surface area contributed by atoms with Crippen molar-refractivity contribution in [1.29, 1.82) is 0 Å². The van der Waals surface area contributed by atoms with Gasteiger partial charge in [0.1, 0.15) is 6.04 Å². The Balaban J connectivity index is 0.00000133. The molecule has 4 heteroatoms. The molecule has 1 atom stereocenters. The SMILES string of the molecule is Cl.O=C(Nc1ccccc1)C1NCc2ccccc21. The molecular weight excluding hydrogens is 260 g/mol. The first-order chi connectivity index (χ1) is 8.84. The van der Waals surface area contributed by atoms with Crippen molar-refractivity contribution in [3.63, 3.8) is 0 Å².